The van der Waals surface area contributed by atoms with E-state index in [0.717, 1.165) is 16.5 Å². The van der Waals surface area contributed by atoms with E-state index in [9.17, 15) is 14.4 Å². The molecule has 0 saturated heterocycles. The van der Waals surface area contributed by atoms with Crippen molar-refractivity contribution in [2.45, 2.75) is 39.8 Å². The Kier molecular flexibility index (Phi) is 5.99. The van der Waals surface area contributed by atoms with E-state index in [1.165, 1.54) is 5.56 Å². The third-order valence-corrected chi connectivity index (χ3v) is 5.76. The van der Waals surface area contributed by atoms with Crippen molar-refractivity contribution in [1.82, 2.24) is 15.2 Å². The minimum Gasteiger partial charge on any atom is -0.352 e. The topological polar surface area (TPSA) is 92.2 Å². The van der Waals surface area contributed by atoms with E-state index in [-0.39, 0.29) is 36.1 Å². The number of carbonyl (C=O) groups excluding carboxylic acids is 3. The van der Waals surface area contributed by atoms with Gasteiger partial charge in [-0.2, -0.15) is 0 Å². The zero-order chi connectivity index (χ0) is 22.8. The molecular weight excluding hydrogens is 404 g/mol. The maximum absolute atomic E-state index is 12.7. The van der Waals surface area contributed by atoms with E-state index in [1.54, 1.807) is 0 Å². The van der Waals surface area contributed by atoms with Crippen LogP contribution in [0.1, 0.15) is 47.9 Å². The fourth-order valence-electron chi connectivity index (χ4n) is 3.92. The molecule has 3 amide bonds. The molecule has 166 valence electrons. The minimum absolute atomic E-state index is 0.0609. The normalized spacial score (nSPS) is 15.4. The van der Waals surface area contributed by atoms with Crippen molar-refractivity contribution in [1.29, 1.82) is 0 Å². The molecule has 1 unspecified atom stereocenters. The van der Waals surface area contributed by atoms with Crippen LogP contribution in [0.15, 0.2) is 48.5 Å². The lowest BCUT2D eigenvalue weighted by Gasteiger charge is -2.27. The number of benzene rings is 2. The van der Waals surface area contributed by atoms with Gasteiger partial charge in [0.15, 0.2) is 0 Å². The van der Waals surface area contributed by atoms with E-state index in [2.05, 4.69) is 16.0 Å². The van der Waals surface area contributed by atoms with Crippen LogP contribution in [0, 0.1) is 12.8 Å². The van der Waals surface area contributed by atoms with Crippen molar-refractivity contribution in [3.63, 3.8) is 0 Å². The molecule has 1 aliphatic heterocycles. The second-order valence-corrected chi connectivity index (χ2v) is 8.65. The molecule has 0 saturated carbocycles. The van der Waals surface area contributed by atoms with Crippen LogP contribution in [-0.4, -0.2) is 28.8 Å². The largest absolute Gasteiger partial charge is 0.352 e. The summed E-state index contributed by atoms with van der Waals surface area (Å²) in [6.07, 6.45) is 0.259. The molecule has 2 heterocycles. The molecule has 1 aliphatic rings. The van der Waals surface area contributed by atoms with Gasteiger partial charge in [-0.05, 0) is 36.8 Å². The Morgan fingerprint density at radius 3 is 2.59 bits per heavy atom. The SMILES string of the molecule is Cc1ccc(CNC(=O)CC2CNC(=O)c3cc4cc(NC(=O)C(C)C)ccc4n32)cc1. The van der Waals surface area contributed by atoms with E-state index in [0.29, 0.717) is 24.5 Å². The molecule has 0 radical (unpaired) electrons. The molecule has 0 bridgehead atoms. The fourth-order valence-corrected chi connectivity index (χ4v) is 3.92. The number of amides is 3. The average molecular weight is 433 g/mol. The Bertz CT molecular complexity index is 1180. The summed E-state index contributed by atoms with van der Waals surface area (Å²) in [5.74, 6) is -0.415. The Morgan fingerprint density at radius 1 is 1.12 bits per heavy atom. The van der Waals surface area contributed by atoms with Gasteiger partial charge in [-0.15, -0.1) is 0 Å². The lowest BCUT2D eigenvalue weighted by molar-refractivity contribution is -0.122. The first-order valence-electron chi connectivity index (χ1n) is 10.9. The smallest absolute Gasteiger partial charge is 0.268 e. The summed E-state index contributed by atoms with van der Waals surface area (Å²) < 4.78 is 1.94. The third-order valence-electron chi connectivity index (χ3n) is 5.76. The Morgan fingerprint density at radius 2 is 1.88 bits per heavy atom. The van der Waals surface area contributed by atoms with Crippen LogP contribution in [0.5, 0.6) is 0 Å². The zero-order valence-corrected chi connectivity index (χ0v) is 18.6. The number of nitrogens with zero attached hydrogens (tertiary/aromatic N) is 1. The van der Waals surface area contributed by atoms with Gasteiger partial charge in [-0.1, -0.05) is 43.7 Å². The highest BCUT2D eigenvalue weighted by Gasteiger charge is 2.28. The van der Waals surface area contributed by atoms with Crippen molar-refractivity contribution in [2.24, 2.45) is 5.92 Å². The van der Waals surface area contributed by atoms with Crippen LogP contribution < -0.4 is 16.0 Å². The number of rotatable bonds is 6. The van der Waals surface area contributed by atoms with Crippen molar-refractivity contribution >= 4 is 34.3 Å². The van der Waals surface area contributed by atoms with Crippen molar-refractivity contribution in [3.05, 3.63) is 65.4 Å². The Balaban J connectivity index is 1.52. The molecule has 1 aromatic heterocycles. The van der Waals surface area contributed by atoms with E-state index in [4.69, 9.17) is 0 Å². The second-order valence-electron chi connectivity index (χ2n) is 8.65. The number of aryl methyl sites for hydroxylation is 1. The summed E-state index contributed by atoms with van der Waals surface area (Å²) in [4.78, 5) is 37.2. The lowest BCUT2D eigenvalue weighted by atomic mass is 10.1. The van der Waals surface area contributed by atoms with Gasteiger partial charge in [0.1, 0.15) is 5.69 Å². The van der Waals surface area contributed by atoms with Crippen LogP contribution >= 0.6 is 0 Å². The Labute approximate surface area is 187 Å². The van der Waals surface area contributed by atoms with Crippen LogP contribution in [0.3, 0.4) is 0 Å². The molecule has 0 spiro atoms. The van der Waals surface area contributed by atoms with E-state index < -0.39 is 0 Å². The number of aromatic nitrogens is 1. The summed E-state index contributed by atoms with van der Waals surface area (Å²) >= 11 is 0. The summed E-state index contributed by atoms with van der Waals surface area (Å²) in [6, 6.07) is 15.3. The highest BCUT2D eigenvalue weighted by Crippen LogP contribution is 2.30. The molecule has 3 N–H and O–H groups in total. The first-order valence-corrected chi connectivity index (χ1v) is 10.9. The van der Waals surface area contributed by atoms with Gasteiger partial charge in [0.2, 0.25) is 11.8 Å². The van der Waals surface area contributed by atoms with Crippen LogP contribution in [0.4, 0.5) is 5.69 Å². The number of hydrogen-bond acceptors (Lipinski definition) is 3. The number of nitrogens with one attached hydrogen (secondary N) is 3. The Hall–Kier alpha value is -3.61. The number of anilines is 1. The highest BCUT2D eigenvalue weighted by atomic mass is 16.2. The summed E-state index contributed by atoms with van der Waals surface area (Å²) in [5, 5.41) is 9.61. The van der Waals surface area contributed by atoms with Gasteiger partial charge >= 0.3 is 0 Å². The van der Waals surface area contributed by atoms with Crippen molar-refractivity contribution in [2.75, 3.05) is 11.9 Å². The molecule has 7 heteroatoms. The molecule has 0 aliphatic carbocycles. The summed E-state index contributed by atoms with van der Waals surface area (Å²) in [6.45, 7) is 6.56. The summed E-state index contributed by atoms with van der Waals surface area (Å²) in [5.41, 5.74) is 4.30. The van der Waals surface area contributed by atoms with Crippen LogP contribution in [0.25, 0.3) is 10.9 Å². The maximum atomic E-state index is 12.7. The molecule has 4 rings (SSSR count). The number of fused-ring (bicyclic) bond motifs is 3. The van der Waals surface area contributed by atoms with Crippen LogP contribution in [0.2, 0.25) is 0 Å². The molecule has 32 heavy (non-hydrogen) atoms. The minimum atomic E-state index is -0.186. The van der Waals surface area contributed by atoms with Gasteiger partial charge in [0.05, 0.1) is 6.04 Å². The third kappa shape index (κ3) is 4.51. The van der Waals surface area contributed by atoms with Gasteiger partial charge in [0.25, 0.3) is 5.91 Å². The van der Waals surface area contributed by atoms with Gasteiger partial charge in [-0.25, -0.2) is 0 Å². The zero-order valence-electron chi connectivity index (χ0n) is 18.6. The van der Waals surface area contributed by atoms with Gasteiger partial charge < -0.3 is 20.5 Å². The predicted molar refractivity (Wildman–Crippen MR) is 124 cm³/mol. The number of hydrogen-bond donors (Lipinski definition) is 3. The van der Waals surface area contributed by atoms with E-state index >= 15 is 0 Å². The molecule has 3 aromatic rings. The van der Waals surface area contributed by atoms with Crippen LogP contribution in [-0.2, 0) is 16.1 Å². The summed E-state index contributed by atoms with van der Waals surface area (Å²) in [7, 11) is 0. The first-order chi connectivity index (χ1) is 15.3. The monoisotopic (exact) mass is 432 g/mol. The molecular formula is C25H28N4O3. The predicted octanol–water partition coefficient (Wildman–Crippen LogP) is 3.54. The fraction of sp³-hybridized carbons (Fsp3) is 0.320. The second kappa shape index (κ2) is 8.86. The molecule has 7 nitrogen and oxygen atoms in total. The van der Waals surface area contributed by atoms with Crippen molar-refractivity contribution in [3.8, 4) is 0 Å². The van der Waals surface area contributed by atoms with Gasteiger partial charge in [-0.3, -0.25) is 14.4 Å². The van der Waals surface area contributed by atoms with E-state index in [1.807, 2.05) is 73.9 Å². The molecule has 2 aromatic carbocycles. The maximum Gasteiger partial charge on any atom is 0.268 e. The molecule has 1 atom stereocenters. The lowest BCUT2D eigenvalue weighted by Crippen LogP contribution is -2.40. The van der Waals surface area contributed by atoms with Gasteiger partial charge in [0, 0.05) is 42.0 Å². The number of carbonyl (C=O) groups is 3. The standard InChI is InChI=1S/C25H28N4O3/c1-15(2)24(31)28-19-8-9-21-18(10-19)11-22-25(32)27-14-20(29(21)22)12-23(30)26-13-17-6-4-16(3)5-7-17/h4-11,15,20H,12-14H2,1-3H3,(H,26,30)(H,27,32)(H,28,31). The first kappa shape index (κ1) is 21.6. The average Bonchev–Trinajstić information content (AvgIpc) is 3.15. The highest BCUT2D eigenvalue weighted by molar-refractivity contribution is 6.01. The molecule has 0 fully saturated rings. The van der Waals surface area contributed by atoms with Crippen molar-refractivity contribution < 1.29 is 14.4 Å². The quantitative estimate of drug-likeness (QED) is 0.556.